The van der Waals surface area contributed by atoms with Crippen LogP contribution in [0.1, 0.15) is 24.0 Å². The third-order valence-electron chi connectivity index (χ3n) is 3.47. The Bertz CT molecular complexity index is 579. The van der Waals surface area contributed by atoms with E-state index in [1.807, 2.05) is 10.9 Å². The van der Waals surface area contributed by atoms with Gasteiger partial charge in [0.2, 0.25) is 11.8 Å². The molecule has 0 heterocycles. The van der Waals surface area contributed by atoms with Crippen molar-refractivity contribution in [2.45, 2.75) is 19.3 Å². The summed E-state index contributed by atoms with van der Waals surface area (Å²) in [6.07, 6.45) is 1.61. The summed E-state index contributed by atoms with van der Waals surface area (Å²) in [5.74, 6) is 9.22. The molecule has 0 fully saturated rings. The van der Waals surface area contributed by atoms with Crippen LogP contribution in [0.5, 0.6) is 0 Å². The van der Waals surface area contributed by atoms with E-state index in [0.717, 1.165) is 6.42 Å². The number of amides is 2. The molecular weight excluding hydrogens is 330 g/mol. The van der Waals surface area contributed by atoms with Crippen molar-refractivity contribution in [2.75, 3.05) is 13.1 Å². The zero-order valence-corrected chi connectivity index (χ0v) is 14.8. The third kappa shape index (κ3) is 10.2. The zero-order chi connectivity index (χ0) is 19.0. The minimum absolute atomic E-state index is 0.240. The summed E-state index contributed by atoms with van der Waals surface area (Å²) in [4.78, 5) is 21.2. The van der Waals surface area contributed by atoms with Gasteiger partial charge in [-0.3, -0.25) is 20.4 Å². The summed E-state index contributed by atoms with van der Waals surface area (Å²) in [6.45, 7) is 0.974. The van der Waals surface area contributed by atoms with Crippen molar-refractivity contribution in [3.63, 3.8) is 0 Å². The van der Waals surface area contributed by atoms with Crippen molar-refractivity contribution in [1.29, 1.82) is 0 Å². The highest BCUT2D eigenvalue weighted by Gasteiger charge is 1.99. The molecule has 140 valence electrons. The summed E-state index contributed by atoms with van der Waals surface area (Å²) in [5, 5.41) is 2.88. The first-order valence-electron chi connectivity index (χ1n) is 8.43. The molecule has 0 aliphatic heterocycles. The average Bonchev–Trinajstić information content (AvgIpc) is 2.69. The van der Waals surface area contributed by atoms with Crippen LogP contribution < -0.4 is 27.9 Å². The Morgan fingerprint density at radius 2 is 1.08 bits per heavy atom. The quantitative estimate of drug-likeness (QED) is 0.205. The maximum atomic E-state index is 10.6. The van der Waals surface area contributed by atoms with E-state index >= 15 is 0 Å². The second-order valence-corrected chi connectivity index (χ2v) is 5.53. The van der Waals surface area contributed by atoms with Gasteiger partial charge >= 0.3 is 0 Å². The Kier molecular flexibility index (Phi) is 11.1. The molecule has 0 radical (unpaired) electrons. The van der Waals surface area contributed by atoms with Crippen molar-refractivity contribution >= 4 is 11.8 Å². The van der Waals surface area contributed by atoms with Crippen molar-refractivity contribution in [1.82, 2.24) is 16.2 Å². The number of nitrogens with two attached hydrogens (primary N) is 2. The molecule has 7 heteroatoms. The van der Waals surface area contributed by atoms with Gasteiger partial charge in [0.25, 0.3) is 0 Å². The van der Waals surface area contributed by atoms with E-state index < -0.39 is 0 Å². The molecule has 0 unspecified atom stereocenters. The van der Waals surface area contributed by atoms with Gasteiger partial charge < -0.3 is 5.32 Å². The smallest absolute Gasteiger partial charge is 0.235 e. The van der Waals surface area contributed by atoms with Crippen LogP contribution in [0.15, 0.2) is 60.7 Å². The van der Waals surface area contributed by atoms with Gasteiger partial charge in [0.1, 0.15) is 0 Å². The van der Waals surface area contributed by atoms with E-state index in [9.17, 15) is 9.59 Å². The topological polar surface area (TPSA) is 122 Å². The fourth-order valence-electron chi connectivity index (χ4n) is 2.10. The van der Waals surface area contributed by atoms with Crippen LogP contribution in [0.25, 0.3) is 0 Å². The standard InChI is InChI=1S/C13H12.C6H15N5O2/c1-3-7-12(8-4-1)11-13-9-5-2-6-10-13;7-10-5(12)1-3-9-4-2-6(13)11-8/h1-10H,11H2;9H,1-4,7-8H2,(H,10,12)(H,11,13). The molecule has 2 aromatic rings. The SMILES string of the molecule is NNC(=O)CCNCCC(=O)NN.c1ccc(Cc2ccccc2)cc1. The van der Waals surface area contributed by atoms with Gasteiger partial charge in [-0.15, -0.1) is 0 Å². The molecule has 0 saturated carbocycles. The fraction of sp³-hybridized carbons (Fsp3) is 0.263. The monoisotopic (exact) mass is 357 g/mol. The van der Waals surface area contributed by atoms with Crippen molar-refractivity contribution in [3.05, 3.63) is 71.8 Å². The van der Waals surface area contributed by atoms with Crippen LogP contribution >= 0.6 is 0 Å². The third-order valence-corrected chi connectivity index (χ3v) is 3.47. The highest BCUT2D eigenvalue weighted by molar-refractivity contribution is 5.75. The van der Waals surface area contributed by atoms with Crippen LogP contribution in [0, 0.1) is 0 Å². The highest BCUT2D eigenvalue weighted by atomic mass is 16.2. The van der Waals surface area contributed by atoms with Gasteiger partial charge in [-0.2, -0.15) is 0 Å². The Morgan fingerprint density at radius 1 is 0.692 bits per heavy atom. The summed E-state index contributed by atoms with van der Waals surface area (Å²) < 4.78 is 0. The van der Waals surface area contributed by atoms with Gasteiger partial charge in [0.15, 0.2) is 0 Å². The summed E-state index contributed by atoms with van der Waals surface area (Å²) in [7, 11) is 0. The van der Waals surface area contributed by atoms with Crippen LogP contribution in [-0.2, 0) is 16.0 Å². The van der Waals surface area contributed by atoms with Gasteiger partial charge in [-0.25, -0.2) is 11.7 Å². The predicted octanol–water partition coefficient (Wildman–Crippen LogP) is 0.613. The van der Waals surface area contributed by atoms with E-state index in [1.54, 1.807) is 0 Å². The molecule has 2 aromatic carbocycles. The molecule has 0 atom stereocenters. The van der Waals surface area contributed by atoms with Crippen molar-refractivity contribution in [2.24, 2.45) is 11.7 Å². The number of carbonyl (C=O) groups excluding carboxylic acids is 2. The zero-order valence-electron chi connectivity index (χ0n) is 14.8. The first-order chi connectivity index (χ1) is 12.7. The van der Waals surface area contributed by atoms with Crippen molar-refractivity contribution < 1.29 is 9.59 Å². The van der Waals surface area contributed by atoms with Gasteiger partial charge in [-0.05, 0) is 17.5 Å². The lowest BCUT2D eigenvalue weighted by molar-refractivity contribution is -0.121. The summed E-state index contributed by atoms with van der Waals surface area (Å²) in [6, 6.07) is 21.1. The number of hydrogen-bond acceptors (Lipinski definition) is 5. The molecule has 0 spiro atoms. The van der Waals surface area contributed by atoms with Crippen LogP contribution in [-0.4, -0.2) is 24.9 Å². The van der Waals surface area contributed by atoms with Gasteiger partial charge in [-0.1, -0.05) is 60.7 Å². The molecular formula is C19H27N5O2. The summed E-state index contributed by atoms with van der Waals surface area (Å²) >= 11 is 0. The number of benzene rings is 2. The van der Waals surface area contributed by atoms with E-state index in [4.69, 9.17) is 11.7 Å². The van der Waals surface area contributed by atoms with Crippen molar-refractivity contribution in [3.8, 4) is 0 Å². The highest BCUT2D eigenvalue weighted by Crippen LogP contribution is 2.07. The lowest BCUT2D eigenvalue weighted by atomic mass is 10.1. The van der Waals surface area contributed by atoms with Gasteiger partial charge in [0, 0.05) is 25.9 Å². The second-order valence-electron chi connectivity index (χ2n) is 5.53. The number of hydrogen-bond donors (Lipinski definition) is 5. The van der Waals surface area contributed by atoms with E-state index in [-0.39, 0.29) is 11.8 Å². The maximum Gasteiger partial charge on any atom is 0.235 e. The van der Waals surface area contributed by atoms with E-state index in [1.165, 1.54) is 11.1 Å². The Balaban J connectivity index is 0.000000260. The molecule has 7 nitrogen and oxygen atoms in total. The van der Waals surface area contributed by atoms with Crippen LogP contribution in [0.3, 0.4) is 0 Å². The van der Waals surface area contributed by atoms with Gasteiger partial charge in [0.05, 0.1) is 0 Å². The molecule has 0 saturated heterocycles. The predicted molar refractivity (Wildman–Crippen MR) is 102 cm³/mol. The van der Waals surface area contributed by atoms with E-state index in [0.29, 0.717) is 25.9 Å². The number of rotatable bonds is 8. The lowest BCUT2D eigenvalue weighted by Gasteiger charge is -2.02. The Hall–Kier alpha value is -2.74. The largest absolute Gasteiger partial charge is 0.316 e. The first kappa shape index (κ1) is 21.3. The minimum atomic E-state index is -0.240. The molecule has 0 aliphatic carbocycles. The number of nitrogens with one attached hydrogen (secondary N) is 3. The molecule has 0 aliphatic rings. The normalized spacial score (nSPS) is 9.62. The maximum absolute atomic E-state index is 10.6. The fourth-order valence-corrected chi connectivity index (χ4v) is 2.10. The molecule has 2 rings (SSSR count). The van der Waals surface area contributed by atoms with Crippen LogP contribution in [0.4, 0.5) is 0 Å². The molecule has 0 bridgehead atoms. The number of hydrazine groups is 2. The molecule has 26 heavy (non-hydrogen) atoms. The molecule has 0 aromatic heterocycles. The lowest BCUT2D eigenvalue weighted by Crippen LogP contribution is -2.35. The minimum Gasteiger partial charge on any atom is -0.316 e. The van der Waals surface area contributed by atoms with E-state index in [2.05, 4.69) is 66.0 Å². The van der Waals surface area contributed by atoms with Crippen LogP contribution in [0.2, 0.25) is 0 Å². The molecule has 7 N–H and O–H groups in total. The molecule has 2 amide bonds. The Morgan fingerprint density at radius 3 is 1.42 bits per heavy atom. The second kappa shape index (κ2) is 13.5. The first-order valence-corrected chi connectivity index (χ1v) is 8.43. The average molecular weight is 357 g/mol. The Labute approximate surface area is 154 Å². The number of carbonyl (C=O) groups is 2. The summed E-state index contributed by atoms with van der Waals surface area (Å²) in [5.41, 5.74) is 6.73.